The van der Waals surface area contributed by atoms with E-state index in [4.69, 9.17) is 11.6 Å². The second kappa shape index (κ2) is 4.72. The molecule has 0 aromatic carbocycles. The van der Waals surface area contributed by atoms with E-state index in [9.17, 15) is 0 Å². The van der Waals surface area contributed by atoms with Crippen LogP contribution in [0.25, 0.3) is 0 Å². The van der Waals surface area contributed by atoms with E-state index in [0.29, 0.717) is 16.9 Å². The van der Waals surface area contributed by atoms with Gasteiger partial charge in [-0.25, -0.2) is 0 Å². The van der Waals surface area contributed by atoms with Crippen molar-refractivity contribution < 1.29 is 0 Å². The normalized spacial score (nSPS) is 42.5. The van der Waals surface area contributed by atoms with Gasteiger partial charge in [0.2, 0.25) is 0 Å². The van der Waals surface area contributed by atoms with Gasteiger partial charge in [0.15, 0.2) is 0 Å². The van der Waals surface area contributed by atoms with Crippen molar-refractivity contribution in [1.82, 2.24) is 5.32 Å². The molecule has 0 amide bonds. The number of nitrogens with one attached hydrogen (secondary N) is 1. The summed E-state index contributed by atoms with van der Waals surface area (Å²) in [4.78, 5) is 1.46. The minimum atomic E-state index is 0.480. The first kappa shape index (κ1) is 14.5. The van der Waals surface area contributed by atoms with Crippen LogP contribution in [0.15, 0.2) is 6.07 Å². The van der Waals surface area contributed by atoms with Gasteiger partial charge in [-0.3, -0.25) is 0 Å². The standard InChI is InChI=1S/C18H26ClNS/c1-11-4-14(21-16(11)19)15(20-3)18-8-12-5-13(9-18)7-17(2,6-12)10-18/h4,12-13,15,20H,5-10H2,1-3H3. The maximum Gasteiger partial charge on any atom is 0.0960 e. The highest BCUT2D eigenvalue weighted by molar-refractivity contribution is 7.16. The summed E-state index contributed by atoms with van der Waals surface area (Å²) in [6.07, 6.45) is 8.72. The number of halogens is 1. The van der Waals surface area contributed by atoms with Crippen molar-refractivity contribution in [2.75, 3.05) is 7.05 Å². The zero-order chi connectivity index (χ0) is 14.8. The Bertz CT molecular complexity index is 530. The largest absolute Gasteiger partial charge is 0.312 e. The Kier molecular flexibility index (Phi) is 3.27. The summed E-state index contributed by atoms with van der Waals surface area (Å²) in [5.41, 5.74) is 2.33. The summed E-state index contributed by atoms with van der Waals surface area (Å²) in [7, 11) is 2.15. The van der Waals surface area contributed by atoms with Crippen LogP contribution >= 0.6 is 22.9 Å². The fourth-order valence-electron chi connectivity index (χ4n) is 6.51. The predicted molar refractivity (Wildman–Crippen MR) is 91.1 cm³/mol. The summed E-state index contributed by atoms with van der Waals surface area (Å²) < 4.78 is 0.973. The Labute approximate surface area is 137 Å². The summed E-state index contributed by atoms with van der Waals surface area (Å²) in [5, 5.41) is 3.68. The number of hydrogen-bond acceptors (Lipinski definition) is 2. The Morgan fingerprint density at radius 1 is 1.29 bits per heavy atom. The van der Waals surface area contributed by atoms with Crippen LogP contribution in [-0.2, 0) is 0 Å². The molecular weight excluding hydrogens is 298 g/mol. The average Bonchev–Trinajstić information content (AvgIpc) is 2.66. The Hall–Kier alpha value is -0.0500. The Morgan fingerprint density at radius 2 is 1.95 bits per heavy atom. The van der Waals surface area contributed by atoms with Crippen molar-refractivity contribution in [2.45, 2.75) is 58.4 Å². The van der Waals surface area contributed by atoms with Gasteiger partial charge in [-0.2, -0.15) is 0 Å². The lowest BCUT2D eigenvalue weighted by atomic mass is 9.43. The smallest absolute Gasteiger partial charge is 0.0960 e. The summed E-state index contributed by atoms with van der Waals surface area (Å²) in [6.45, 7) is 4.69. The SMILES string of the molecule is CNC(c1cc(C)c(Cl)s1)C12CC3CC(CC(C)(C3)C1)C2. The van der Waals surface area contributed by atoms with Crippen molar-refractivity contribution in [3.8, 4) is 0 Å². The molecule has 1 aromatic rings. The summed E-state index contributed by atoms with van der Waals surface area (Å²) in [6, 6.07) is 2.83. The van der Waals surface area contributed by atoms with Crippen LogP contribution in [0.3, 0.4) is 0 Å². The fraction of sp³-hybridized carbons (Fsp3) is 0.778. The van der Waals surface area contributed by atoms with E-state index in [2.05, 4.69) is 32.3 Å². The molecule has 5 rings (SSSR count). The zero-order valence-electron chi connectivity index (χ0n) is 13.3. The molecular formula is C18H26ClNS. The molecule has 4 aliphatic carbocycles. The number of aryl methyl sites for hydroxylation is 1. The van der Waals surface area contributed by atoms with Crippen LogP contribution in [0.2, 0.25) is 4.34 Å². The molecule has 4 aliphatic rings. The first-order valence-electron chi connectivity index (χ1n) is 8.36. The van der Waals surface area contributed by atoms with E-state index in [1.54, 1.807) is 11.3 Å². The van der Waals surface area contributed by atoms with Gasteiger partial charge in [0.05, 0.1) is 4.34 Å². The van der Waals surface area contributed by atoms with E-state index in [0.717, 1.165) is 16.2 Å². The molecule has 3 heteroatoms. The number of thiophene rings is 1. The quantitative estimate of drug-likeness (QED) is 0.766. The Morgan fingerprint density at radius 3 is 2.43 bits per heavy atom. The molecule has 0 saturated heterocycles. The van der Waals surface area contributed by atoms with Crippen molar-refractivity contribution in [1.29, 1.82) is 0 Å². The maximum atomic E-state index is 6.36. The highest BCUT2D eigenvalue weighted by atomic mass is 35.5. The predicted octanol–water partition coefficient (Wildman–Crippen LogP) is 5.58. The summed E-state index contributed by atoms with van der Waals surface area (Å²) in [5.74, 6) is 1.95. The molecule has 21 heavy (non-hydrogen) atoms. The van der Waals surface area contributed by atoms with Crippen LogP contribution in [0, 0.1) is 29.6 Å². The van der Waals surface area contributed by atoms with Crippen molar-refractivity contribution in [3.05, 3.63) is 20.8 Å². The molecule has 0 radical (unpaired) electrons. The lowest BCUT2D eigenvalue weighted by molar-refractivity contribution is -0.117. The summed E-state index contributed by atoms with van der Waals surface area (Å²) >= 11 is 8.15. The fourth-order valence-corrected chi connectivity index (χ4v) is 7.98. The van der Waals surface area contributed by atoms with Crippen LogP contribution < -0.4 is 5.32 Å². The lowest BCUT2D eigenvalue weighted by Gasteiger charge is -2.63. The minimum Gasteiger partial charge on any atom is -0.312 e. The third-order valence-corrected chi connectivity index (χ3v) is 8.08. The van der Waals surface area contributed by atoms with E-state index >= 15 is 0 Å². The molecule has 3 unspecified atom stereocenters. The van der Waals surface area contributed by atoms with Crippen LogP contribution in [0.4, 0.5) is 0 Å². The minimum absolute atomic E-state index is 0.480. The van der Waals surface area contributed by atoms with Gasteiger partial charge in [0.25, 0.3) is 0 Å². The number of hydrogen-bond donors (Lipinski definition) is 1. The number of rotatable bonds is 3. The van der Waals surface area contributed by atoms with Gasteiger partial charge in [-0.05, 0) is 86.8 Å². The maximum absolute atomic E-state index is 6.36. The molecule has 4 fully saturated rings. The first-order valence-corrected chi connectivity index (χ1v) is 9.56. The monoisotopic (exact) mass is 323 g/mol. The second-order valence-corrected chi connectivity index (χ2v) is 10.1. The molecule has 4 bridgehead atoms. The van der Waals surface area contributed by atoms with Gasteiger partial charge < -0.3 is 5.32 Å². The highest BCUT2D eigenvalue weighted by Crippen LogP contribution is 2.68. The molecule has 3 atom stereocenters. The molecule has 4 saturated carbocycles. The zero-order valence-corrected chi connectivity index (χ0v) is 14.9. The molecule has 116 valence electrons. The van der Waals surface area contributed by atoms with E-state index in [1.807, 2.05) is 0 Å². The van der Waals surface area contributed by atoms with Gasteiger partial charge in [0.1, 0.15) is 0 Å². The third-order valence-electron chi connectivity index (χ3n) is 6.46. The molecule has 1 N–H and O–H groups in total. The molecule has 0 spiro atoms. The van der Waals surface area contributed by atoms with E-state index in [1.165, 1.54) is 49.0 Å². The average molecular weight is 324 g/mol. The van der Waals surface area contributed by atoms with Gasteiger partial charge >= 0.3 is 0 Å². The van der Waals surface area contributed by atoms with Gasteiger partial charge in [-0.15, -0.1) is 11.3 Å². The topological polar surface area (TPSA) is 12.0 Å². The van der Waals surface area contributed by atoms with Crippen molar-refractivity contribution in [2.24, 2.45) is 22.7 Å². The molecule has 1 nitrogen and oxygen atoms in total. The van der Waals surface area contributed by atoms with Crippen molar-refractivity contribution >= 4 is 22.9 Å². The van der Waals surface area contributed by atoms with Gasteiger partial charge in [0, 0.05) is 10.9 Å². The highest BCUT2D eigenvalue weighted by Gasteiger charge is 2.58. The second-order valence-electron chi connectivity index (χ2n) is 8.46. The van der Waals surface area contributed by atoms with E-state index in [-0.39, 0.29) is 0 Å². The third kappa shape index (κ3) is 2.21. The lowest BCUT2D eigenvalue weighted by Crippen LogP contribution is -2.54. The van der Waals surface area contributed by atoms with E-state index < -0.39 is 0 Å². The molecule has 1 aromatic heterocycles. The van der Waals surface area contributed by atoms with Crippen LogP contribution in [0.5, 0.6) is 0 Å². The van der Waals surface area contributed by atoms with Crippen molar-refractivity contribution in [3.63, 3.8) is 0 Å². The van der Waals surface area contributed by atoms with Crippen LogP contribution in [0.1, 0.15) is 61.9 Å². The Balaban J connectivity index is 1.73. The molecule has 0 aliphatic heterocycles. The van der Waals surface area contributed by atoms with Gasteiger partial charge in [-0.1, -0.05) is 18.5 Å². The van der Waals surface area contributed by atoms with Crippen LogP contribution in [-0.4, -0.2) is 7.05 Å². The first-order chi connectivity index (χ1) is 9.93. The molecule has 1 heterocycles.